The van der Waals surface area contributed by atoms with Gasteiger partial charge in [0.25, 0.3) is 0 Å². The van der Waals surface area contributed by atoms with Crippen molar-refractivity contribution in [2.45, 2.75) is 6.92 Å². The van der Waals surface area contributed by atoms with Gasteiger partial charge in [-0.3, -0.25) is 0 Å². The zero-order chi connectivity index (χ0) is 12.3. The molecule has 1 aliphatic rings. The van der Waals surface area contributed by atoms with Gasteiger partial charge in [-0.2, -0.15) is 11.8 Å². The second kappa shape index (κ2) is 5.40. The van der Waals surface area contributed by atoms with Gasteiger partial charge in [0.05, 0.1) is 0 Å². The Balaban J connectivity index is 2.20. The van der Waals surface area contributed by atoms with Crippen molar-refractivity contribution in [1.29, 1.82) is 0 Å². The molecule has 0 spiro atoms. The number of carbonyl (C=O) groups is 1. The molecular formula is C12H16N2O2S. The van der Waals surface area contributed by atoms with Crippen LogP contribution < -0.4 is 4.90 Å². The Labute approximate surface area is 105 Å². The van der Waals surface area contributed by atoms with Gasteiger partial charge in [-0.1, -0.05) is 13.0 Å². The molecule has 1 aliphatic heterocycles. The van der Waals surface area contributed by atoms with Crippen molar-refractivity contribution < 1.29 is 9.90 Å². The van der Waals surface area contributed by atoms with Gasteiger partial charge in [0, 0.05) is 18.8 Å². The van der Waals surface area contributed by atoms with E-state index in [9.17, 15) is 4.79 Å². The minimum atomic E-state index is -0.968. The van der Waals surface area contributed by atoms with Gasteiger partial charge in [-0.15, -0.1) is 0 Å². The molecule has 1 aromatic heterocycles. The highest BCUT2D eigenvalue weighted by Crippen LogP contribution is 2.20. The number of hydrogen-bond acceptors (Lipinski definition) is 4. The number of aromatic nitrogens is 1. The minimum absolute atomic E-state index is 0.118. The zero-order valence-corrected chi connectivity index (χ0v) is 10.6. The molecule has 0 amide bonds. The molecule has 0 aliphatic carbocycles. The quantitative estimate of drug-likeness (QED) is 0.872. The first-order valence-electron chi connectivity index (χ1n) is 5.70. The number of rotatable bonds is 2. The number of carboxylic acid groups (broad SMARTS) is 1. The number of hydrogen-bond donors (Lipinski definition) is 1. The van der Waals surface area contributed by atoms with Crippen LogP contribution in [0.4, 0.5) is 5.82 Å². The summed E-state index contributed by atoms with van der Waals surface area (Å²) in [5.74, 6) is 2.65. The van der Waals surface area contributed by atoms with Crippen molar-refractivity contribution in [1.82, 2.24) is 4.98 Å². The van der Waals surface area contributed by atoms with Crippen molar-refractivity contribution >= 4 is 23.5 Å². The maximum atomic E-state index is 10.9. The summed E-state index contributed by atoms with van der Waals surface area (Å²) in [5.41, 5.74) is 0.118. The normalized spacial score (nSPS) is 21.0. The van der Waals surface area contributed by atoms with Crippen molar-refractivity contribution in [3.8, 4) is 0 Å². The van der Waals surface area contributed by atoms with Crippen LogP contribution in [0.5, 0.6) is 0 Å². The molecule has 1 atom stereocenters. The lowest BCUT2D eigenvalue weighted by Crippen LogP contribution is -2.30. The second-order valence-corrected chi connectivity index (χ2v) is 5.46. The number of carboxylic acids is 1. The van der Waals surface area contributed by atoms with Gasteiger partial charge in [0.1, 0.15) is 5.82 Å². The van der Waals surface area contributed by atoms with Crippen LogP contribution in [0, 0.1) is 5.92 Å². The van der Waals surface area contributed by atoms with Crippen molar-refractivity contribution in [2.75, 3.05) is 29.5 Å². The fourth-order valence-corrected chi connectivity index (χ4v) is 2.93. The van der Waals surface area contributed by atoms with Gasteiger partial charge < -0.3 is 10.0 Å². The van der Waals surface area contributed by atoms with Gasteiger partial charge in [0.15, 0.2) is 5.69 Å². The molecule has 92 valence electrons. The smallest absolute Gasteiger partial charge is 0.354 e. The highest BCUT2D eigenvalue weighted by molar-refractivity contribution is 7.99. The molecule has 2 heterocycles. The van der Waals surface area contributed by atoms with E-state index in [2.05, 4.69) is 16.8 Å². The third kappa shape index (κ3) is 3.12. The summed E-state index contributed by atoms with van der Waals surface area (Å²) in [6, 6.07) is 5.17. The molecule has 0 radical (unpaired) electrons. The van der Waals surface area contributed by atoms with Gasteiger partial charge in [0.2, 0.25) is 0 Å². The monoisotopic (exact) mass is 252 g/mol. The summed E-state index contributed by atoms with van der Waals surface area (Å²) in [6.45, 7) is 4.10. The lowest BCUT2D eigenvalue weighted by atomic mass is 10.2. The lowest BCUT2D eigenvalue weighted by molar-refractivity contribution is 0.0690. The first-order valence-corrected chi connectivity index (χ1v) is 6.85. The Morgan fingerprint density at radius 2 is 2.41 bits per heavy atom. The Morgan fingerprint density at radius 3 is 3.18 bits per heavy atom. The van der Waals surface area contributed by atoms with E-state index >= 15 is 0 Å². The molecule has 1 saturated heterocycles. The summed E-state index contributed by atoms with van der Waals surface area (Å²) in [7, 11) is 0. The van der Waals surface area contributed by atoms with Crippen molar-refractivity contribution in [3.63, 3.8) is 0 Å². The first-order chi connectivity index (χ1) is 8.16. The summed E-state index contributed by atoms with van der Waals surface area (Å²) in [6.07, 6.45) is 0. The third-order valence-corrected chi connectivity index (χ3v) is 3.99. The van der Waals surface area contributed by atoms with E-state index in [0.717, 1.165) is 30.4 Å². The van der Waals surface area contributed by atoms with Gasteiger partial charge >= 0.3 is 5.97 Å². The molecule has 4 nitrogen and oxygen atoms in total. The third-order valence-electron chi connectivity index (χ3n) is 2.72. The fraction of sp³-hybridized carbons (Fsp3) is 0.500. The Kier molecular flexibility index (Phi) is 3.89. The topological polar surface area (TPSA) is 53.4 Å². The van der Waals surface area contributed by atoms with Crippen LogP contribution in [0.1, 0.15) is 17.4 Å². The number of thioether (sulfide) groups is 1. The van der Waals surface area contributed by atoms with Crippen molar-refractivity contribution in [2.24, 2.45) is 5.92 Å². The molecule has 17 heavy (non-hydrogen) atoms. The first kappa shape index (κ1) is 12.2. The van der Waals surface area contributed by atoms with E-state index in [1.807, 2.05) is 17.8 Å². The van der Waals surface area contributed by atoms with E-state index in [-0.39, 0.29) is 5.69 Å². The Bertz CT molecular complexity index is 411. The van der Waals surface area contributed by atoms with Crippen LogP contribution in [-0.2, 0) is 0 Å². The lowest BCUT2D eigenvalue weighted by Gasteiger charge is -2.23. The van der Waals surface area contributed by atoms with Crippen LogP contribution in [0.15, 0.2) is 18.2 Å². The number of nitrogens with zero attached hydrogens (tertiary/aromatic N) is 2. The molecule has 1 unspecified atom stereocenters. The number of anilines is 1. The maximum Gasteiger partial charge on any atom is 0.354 e. The predicted molar refractivity (Wildman–Crippen MR) is 69.9 cm³/mol. The van der Waals surface area contributed by atoms with Gasteiger partial charge in [-0.25, -0.2) is 9.78 Å². The minimum Gasteiger partial charge on any atom is -0.477 e. The van der Waals surface area contributed by atoms with Crippen LogP contribution in [0.2, 0.25) is 0 Å². The van der Waals surface area contributed by atoms with Crippen molar-refractivity contribution in [3.05, 3.63) is 23.9 Å². The Hall–Kier alpha value is -1.23. The average Bonchev–Trinajstić information content (AvgIpc) is 2.54. The highest BCUT2D eigenvalue weighted by atomic mass is 32.2. The van der Waals surface area contributed by atoms with E-state index in [0.29, 0.717) is 5.92 Å². The summed E-state index contributed by atoms with van der Waals surface area (Å²) in [4.78, 5) is 17.2. The summed E-state index contributed by atoms with van der Waals surface area (Å²) < 4.78 is 0. The van der Waals surface area contributed by atoms with E-state index < -0.39 is 5.97 Å². The molecular weight excluding hydrogens is 236 g/mol. The second-order valence-electron chi connectivity index (χ2n) is 4.31. The summed E-state index contributed by atoms with van der Waals surface area (Å²) >= 11 is 1.95. The molecule has 1 aromatic rings. The molecule has 5 heteroatoms. The van der Waals surface area contributed by atoms with E-state index in [4.69, 9.17) is 5.11 Å². The van der Waals surface area contributed by atoms with Gasteiger partial charge in [-0.05, 0) is 23.8 Å². The molecule has 1 fully saturated rings. The standard InChI is InChI=1S/C12H16N2O2S/c1-9-7-14(5-6-17-8-9)11-4-2-3-10(13-11)12(15)16/h2-4,9H,5-8H2,1H3,(H,15,16). The highest BCUT2D eigenvalue weighted by Gasteiger charge is 2.17. The largest absolute Gasteiger partial charge is 0.477 e. The molecule has 0 saturated carbocycles. The van der Waals surface area contributed by atoms with Crippen LogP contribution >= 0.6 is 11.8 Å². The van der Waals surface area contributed by atoms with Crippen LogP contribution in [0.3, 0.4) is 0 Å². The van der Waals surface area contributed by atoms with E-state index in [1.54, 1.807) is 6.07 Å². The predicted octanol–water partition coefficient (Wildman–Crippen LogP) is 1.97. The summed E-state index contributed by atoms with van der Waals surface area (Å²) in [5, 5.41) is 8.93. The zero-order valence-electron chi connectivity index (χ0n) is 9.80. The van der Waals surface area contributed by atoms with Crippen LogP contribution in [0.25, 0.3) is 0 Å². The molecule has 2 rings (SSSR count). The average molecular weight is 252 g/mol. The molecule has 0 aromatic carbocycles. The van der Waals surface area contributed by atoms with E-state index in [1.165, 1.54) is 6.07 Å². The van der Waals surface area contributed by atoms with Crippen LogP contribution in [-0.4, -0.2) is 40.7 Å². The Morgan fingerprint density at radius 1 is 1.59 bits per heavy atom. The molecule has 0 bridgehead atoms. The number of aromatic carboxylic acids is 1. The fourth-order valence-electron chi connectivity index (χ4n) is 1.91. The SMILES string of the molecule is CC1CSCCN(c2cccc(C(=O)O)n2)C1. The number of pyridine rings is 1. The molecule has 1 N–H and O–H groups in total. The maximum absolute atomic E-state index is 10.9.